The van der Waals surface area contributed by atoms with Crippen molar-refractivity contribution in [2.75, 3.05) is 12.9 Å². The molecular formula is C16H18N2O2S. The molecule has 2 rings (SSSR count). The Kier molecular flexibility index (Phi) is 5.22. The normalized spacial score (nSPS) is 11.5. The minimum Gasteiger partial charge on any atom is -0.462 e. The summed E-state index contributed by atoms with van der Waals surface area (Å²) < 4.78 is 6.94. The number of carbonyl (C=O) groups is 1. The Bertz CT molecular complexity index is 645. The number of thioether (sulfide) groups is 1. The lowest BCUT2D eigenvalue weighted by atomic mass is 10.1. The number of hydrogen-bond acceptors (Lipinski definition) is 4. The van der Waals surface area contributed by atoms with E-state index < -0.39 is 0 Å². The first-order valence-electron chi connectivity index (χ1n) is 6.66. The number of benzene rings is 1. The van der Waals surface area contributed by atoms with Gasteiger partial charge in [0.05, 0.1) is 6.61 Å². The SMILES string of the molecule is CCOC(=O)/C(=C/c1ccc(SC)cc1)c1nccn1C. The summed E-state index contributed by atoms with van der Waals surface area (Å²) in [4.78, 5) is 17.6. The molecule has 0 bridgehead atoms. The van der Waals surface area contributed by atoms with E-state index in [1.165, 1.54) is 4.90 Å². The largest absolute Gasteiger partial charge is 0.462 e. The van der Waals surface area contributed by atoms with Gasteiger partial charge in [-0.3, -0.25) is 0 Å². The number of ether oxygens (including phenoxy) is 1. The minimum absolute atomic E-state index is 0.339. The molecule has 0 fully saturated rings. The fraction of sp³-hybridized carbons (Fsp3) is 0.250. The van der Waals surface area contributed by atoms with Crippen LogP contribution in [0.15, 0.2) is 41.6 Å². The van der Waals surface area contributed by atoms with Gasteiger partial charge in [-0.25, -0.2) is 9.78 Å². The lowest BCUT2D eigenvalue weighted by Crippen LogP contribution is -2.10. The van der Waals surface area contributed by atoms with Crippen molar-refractivity contribution in [2.45, 2.75) is 11.8 Å². The number of carbonyl (C=O) groups excluding carboxylic acids is 1. The number of aromatic nitrogens is 2. The van der Waals surface area contributed by atoms with Gasteiger partial charge in [-0.05, 0) is 37.0 Å². The Labute approximate surface area is 128 Å². The van der Waals surface area contributed by atoms with Gasteiger partial charge in [0.2, 0.25) is 0 Å². The molecule has 0 saturated carbocycles. The molecule has 1 aromatic carbocycles. The average Bonchev–Trinajstić information content (AvgIpc) is 2.91. The van der Waals surface area contributed by atoms with E-state index in [0.29, 0.717) is 18.0 Å². The van der Waals surface area contributed by atoms with E-state index in [1.54, 1.807) is 35.6 Å². The van der Waals surface area contributed by atoms with Gasteiger partial charge >= 0.3 is 5.97 Å². The summed E-state index contributed by atoms with van der Waals surface area (Å²) in [5.74, 6) is 0.239. The van der Waals surface area contributed by atoms with Crippen molar-refractivity contribution in [2.24, 2.45) is 7.05 Å². The van der Waals surface area contributed by atoms with Crippen LogP contribution in [-0.4, -0.2) is 28.4 Å². The summed E-state index contributed by atoms with van der Waals surface area (Å²) in [6.45, 7) is 2.13. The number of esters is 1. The van der Waals surface area contributed by atoms with Crippen LogP contribution in [0.1, 0.15) is 18.3 Å². The molecule has 110 valence electrons. The van der Waals surface area contributed by atoms with Crippen LogP contribution < -0.4 is 0 Å². The van der Waals surface area contributed by atoms with Gasteiger partial charge in [-0.15, -0.1) is 11.8 Å². The molecule has 0 unspecified atom stereocenters. The van der Waals surface area contributed by atoms with E-state index in [9.17, 15) is 4.79 Å². The Morgan fingerprint density at radius 1 is 1.38 bits per heavy atom. The van der Waals surface area contributed by atoms with Crippen LogP contribution in [0.2, 0.25) is 0 Å². The highest BCUT2D eigenvalue weighted by atomic mass is 32.2. The van der Waals surface area contributed by atoms with Crippen LogP contribution in [0.4, 0.5) is 0 Å². The van der Waals surface area contributed by atoms with E-state index in [4.69, 9.17) is 4.74 Å². The van der Waals surface area contributed by atoms with Crippen LogP contribution in [0.25, 0.3) is 11.6 Å². The van der Waals surface area contributed by atoms with Gasteiger partial charge in [-0.1, -0.05) is 12.1 Å². The Morgan fingerprint density at radius 2 is 2.10 bits per heavy atom. The Balaban J connectivity index is 2.40. The molecule has 0 radical (unpaired) electrons. The van der Waals surface area contributed by atoms with Gasteiger partial charge in [0.25, 0.3) is 0 Å². The molecule has 1 aromatic heterocycles. The van der Waals surface area contributed by atoms with E-state index in [2.05, 4.69) is 4.98 Å². The van der Waals surface area contributed by atoms with E-state index in [1.807, 2.05) is 43.6 Å². The second kappa shape index (κ2) is 7.13. The third-order valence-corrected chi connectivity index (χ3v) is 3.73. The first-order valence-corrected chi connectivity index (χ1v) is 7.88. The van der Waals surface area contributed by atoms with Crippen molar-refractivity contribution >= 4 is 29.4 Å². The predicted octanol–water partition coefficient (Wildman–Crippen LogP) is 3.25. The van der Waals surface area contributed by atoms with Crippen LogP contribution in [0, 0.1) is 0 Å². The maximum atomic E-state index is 12.2. The summed E-state index contributed by atoms with van der Waals surface area (Å²) in [6, 6.07) is 8.01. The van der Waals surface area contributed by atoms with Crippen molar-refractivity contribution in [3.05, 3.63) is 48.0 Å². The molecule has 0 atom stereocenters. The molecule has 5 heteroatoms. The summed E-state index contributed by atoms with van der Waals surface area (Å²) in [5, 5.41) is 0. The first-order chi connectivity index (χ1) is 10.2. The fourth-order valence-corrected chi connectivity index (χ4v) is 2.32. The molecule has 0 aliphatic carbocycles. The van der Waals surface area contributed by atoms with Crippen molar-refractivity contribution in [3.8, 4) is 0 Å². The molecule has 0 aliphatic heterocycles. The third-order valence-electron chi connectivity index (χ3n) is 2.98. The monoisotopic (exact) mass is 302 g/mol. The maximum Gasteiger partial charge on any atom is 0.341 e. The predicted molar refractivity (Wildman–Crippen MR) is 85.9 cm³/mol. The van der Waals surface area contributed by atoms with Gasteiger partial charge in [0.15, 0.2) is 0 Å². The summed E-state index contributed by atoms with van der Waals surface area (Å²) in [5.41, 5.74) is 1.40. The summed E-state index contributed by atoms with van der Waals surface area (Å²) >= 11 is 1.68. The standard InChI is InChI=1S/C16H18N2O2S/c1-4-20-16(19)14(15-17-9-10-18(15)2)11-12-5-7-13(21-3)8-6-12/h5-11H,4H2,1-3H3/b14-11+. The first kappa shape index (κ1) is 15.4. The lowest BCUT2D eigenvalue weighted by Gasteiger charge is -2.07. The Hall–Kier alpha value is -2.01. The summed E-state index contributed by atoms with van der Waals surface area (Å²) in [6.07, 6.45) is 7.31. The topological polar surface area (TPSA) is 44.1 Å². The quantitative estimate of drug-likeness (QED) is 0.483. The third kappa shape index (κ3) is 3.76. The molecule has 21 heavy (non-hydrogen) atoms. The molecular weight excluding hydrogens is 284 g/mol. The van der Waals surface area contributed by atoms with Gasteiger partial charge in [0.1, 0.15) is 11.4 Å². The number of imidazole rings is 1. The molecule has 0 saturated heterocycles. The van der Waals surface area contributed by atoms with Gasteiger partial charge in [0, 0.05) is 24.3 Å². The maximum absolute atomic E-state index is 12.2. The van der Waals surface area contributed by atoms with Gasteiger partial charge < -0.3 is 9.30 Å². The van der Waals surface area contributed by atoms with E-state index in [0.717, 1.165) is 5.56 Å². The second-order valence-electron chi connectivity index (χ2n) is 4.41. The number of aryl methyl sites for hydroxylation is 1. The number of rotatable bonds is 5. The highest BCUT2D eigenvalue weighted by molar-refractivity contribution is 7.98. The second-order valence-corrected chi connectivity index (χ2v) is 5.29. The van der Waals surface area contributed by atoms with Crippen molar-refractivity contribution in [3.63, 3.8) is 0 Å². The average molecular weight is 302 g/mol. The Morgan fingerprint density at radius 3 is 2.62 bits per heavy atom. The van der Waals surface area contributed by atoms with Crippen molar-refractivity contribution in [1.82, 2.24) is 9.55 Å². The lowest BCUT2D eigenvalue weighted by molar-refractivity contribution is -0.136. The van der Waals surface area contributed by atoms with Crippen molar-refractivity contribution < 1.29 is 9.53 Å². The summed E-state index contributed by atoms with van der Waals surface area (Å²) in [7, 11) is 1.85. The van der Waals surface area contributed by atoms with Crippen LogP contribution in [0.5, 0.6) is 0 Å². The van der Waals surface area contributed by atoms with E-state index in [-0.39, 0.29) is 5.97 Å². The number of hydrogen-bond donors (Lipinski definition) is 0. The number of nitrogens with zero attached hydrogens (tertiary/aromatic N) is 2. The zero-order valence-electron chi connectivity index (χ0n) is 12.4. The molecule has 0 amide bonds. The van der Waals surface area contributed by atoms with Crippen LogP contribution in [-0.2, 0) is 16.6 Å². The van der Waals surface area contributed by atoms with Crippen LogP contribution in [0.3, 0.4) is 0 Å². The van der Waals surface area contributed by atoms with E-state index >= 15 is 0 Å². The van der Waals surface area contributed by atoms with Crippen molar-refractivity contribution in [1.29, 1.82) is 0 Å². The molecule has 0 spiro atoms. The zero-order valence-corrected chi connectivity index (χ0v) is 13.2. The fourth-order valence-electron chi connectivity index (χ4n) is 1.92. The zero-order chi connectivity index (χ0) is 15.2. The molecule has 2 aromatic rings. The van der Waals surface area contributed by atoms with Crippen LogP contribution >= 0.6 is 11.8 Å². The molecule has 0 N–H and O–H groups in total. The highest BCUT2D eigenvalue weighted by Gasteiger charge is 2.17. The molecule has 4 nitrogen and oxygen atoms in total. The smallest absolute Gasteiger partial charge is 0.341 e. The molecule has 1 heterocycles. The van der Waals surface area contributed by atoms with Gasteiger partial charge in [-0.2, -0.15) is 0 Å². The minimum atomic E-state index is -0.360. The highest BCUT2D eigenvalue weighted by Crippen LogP contribution is 2.20. The molecule has 0 aliphatic rings.